The molecule has 0 aliphatic rings. The molecular weight excluding hydrogens is 356 g/mol. The van der Waals surface area contributed by atoms with E-state index in [2.05, 4.69) is 26.3 Å². The molecule has 9 nitrogen and oxygen atoms in total. The van der Waals surface area contributed by atoms with Crippen molar-refractivity contribution in [1.29, 1.82) is 0 Å². The molecule has 1 aromatic carbocycles. The van der Waals surface area contributed by atoms with Crippen LogP contribution in [0.25, 0.3) is 11.4 Å². The van der Waals surface area contributed by atoms with Gasteiger partial charge in [-0.1, -0.05) is 30.3 Å². The van der Waals surface area contributed by atoms with Crippen LogP contribution in [0.5, 0.6) is 0 Å². The minimum Gasteiger partial charge on any atom is -0.294 e. The summed E-state index contributed by atoms with van der Waals surface area (Å²) < 4.78 is 0. The van der Waals surface area contributed by atoms with Gasteiger partial charge < -0.3 is 0 Å². The van der Waals surface area contributed by atoms with E-state index in [4.69, 9.17) is 0 Å². The van der Waals surface area contributed by atoms with Crippen LogP contribution >= 0.6 is 11.3 Å². The third kappa shape index (κ3) is 4.16. The number of Topliss-reactive ketones (excluding diaryl/α,β-unsaturated/α-hetero) is 1. The molecule has 0 atom stereocenters. The SMILES string of the molecule is CC(=O)c1ccc(C(=O)NNC(=O)Cn2nnc(-c3ccccc3)n2)s1. The monoisotopic (exact) mass is 370 g/mol. The van der Waals surface area contributed by atoms with Gasteiger partial charge in [-0.2, -0.15) is 4.80 Å². The van der Waals surface area contributed by atoms with Crippen LogP contribution in [-0.4, -0.2) is 37.8 Å². The molecule has 2 N–H and O–H groups in total. The van der Waals surface area contributed by atoms with Gasteiger partial charge in [0.1, 0.15) is 6.54 Å². The number of tetrazole rings is 1. The van der Waals surface area contributed by atoms with Gasteiger partial charge in [0.25, 0.3) is 11.8 Å². The quantitative estimate of drug-likeness (QED) is 0.512. The van der Waals surface area contributed by atoms with Crippen LogP contribution in [0.15, 0.2) is 42.5 Å². The Bertz CT molecular complexity index is 950. The van der Waals surface area contributed by atoms with E-state index >= 15 is 0 Å². The van der Waals surface area contributed by atoms with E-state index in [0.717, 1.165) is 21.7 Å². The predicted molar refractivity (Wildman–Crippen MR) is 93.2 cm³/mol. The van der Waals surface area contributed by atoms with Crippen molar-refractivity contribution in [2.45, 2.75) is 13.5 Å². The van der Waals surface area contributed by atoms with Crippen LogP contribution in [0, 0.1) is 0 Å². The Morgan fingerprint density at radius 1 is 1.04 bits per heavy atom. The Kier molecular flexibility index (Phi) is 5.13. The number of rotatable bonds is 5. The number of carbonyl (C=O) groups is 3. The third-order valence-corrected chi connectivity index (χ3v) is 4.45. The van der Waals surface area contributed by atoms with Gasteiger partial charge in [-0.3, -0.25) is 25.2 Å². The number of thiophene rings is 1. The number of amides is 2. The molecule has 3 rings (SSSR count). The summed E-state index contributed by atoms with van der Waals surface area (Å²) in [5.74, 6) is -0.742. The van der Waals surface area contributed by atoms with Crippen molar-refractivity contribution >= 4 is 28.9 Å². The van der Waals surface area contributed by atoms with Crippen LogP contribution in [0.1, 0.15) is 26.3 Å². The maximum Gasteiger partial charge on any atom is 0.279 e. The number of hydrogen-bond donors (Lipinski definition) is 2. The number of aromatic nitrogens is 4. The largest absolute Gasteiger partial charge is 0.294 e. The zero-order chi connectivity index (χ0) is 18.5. The Morgan fingerprint density at radius 3 is 2.46 bits per heavy atom. The fraction of sp³-hybridized carbons (Fsp3) is 0.125. The van der Waals surface area contributed by atoms with E-state index in [1.807, 2.05) is 30.3 Å². The molecular formula is C16H14N6O3S. The van der Waals surface area contributed by atoms with Gasteiger partial charge in [0.15, 0.2) is 5.78 Å². The van der Waals surface area contributed by atoms with Crippen molar-refractivity contribution < 1.29 is 14.4 Å². The highest BCUT2D eigenvalue weighted by Gasteiger charge is 2.13. The van der Waals surface area contributed by atoms with Crippen molar-refractivity contribution in [3.8, 4) is 11.4 Å². The molecule has 0 bridgehead atoms. The van der Waals surface area contributed by atoms with Crippen LogP contribution in [-0.2, 0) is 11.3 Å². The average Bonchev–Trinajstić information content (AvgIpc) is 3.30. The van der Waals surface area contributed by atoms with Crippen LogP contribution < -0.4 is 10.9 Å². The standard InChI is InChI=1S/C16H14N6O3S/c1-10(23)12-7-8-13(26-12)16(25)19-17-14(24)9-22-20-15(18-21-22)11-5-3-2-4-6-11/h2-8H,9H2,1H3,(H,17,24)(H,19,25). The number of benzene rings is 1. The van der Waals surface area contributed by atoms with Crippen LogP contribution in [0.3, 0.4) is 0 Å². The third-order valence-electron chi connectivity index (χ3n) is 3.26. The number of ketones is 1. The van der Waals surface area contributed by atoms with Gasteiger partial charge in [0.05, 0.1) is 9.75 Å². The zero-order valence-corrected chi connectivity index (χ0v) is 14.5. The summed E-state index contributed by atoms with van der Waals surface area (Å²) in [5.41, 5.74) is 5.34. The lowest BCUT2D eigenvalue weighted by atomic mass is 10.2. The summed E-state index contributed by atoms with van der Waals surface area (Å²) in [6.45, 7) is 1.22. The summed E-state index contributed by atoms with van der Waals surface area (Å²) in [6.07, 6.45) is 0. The lowest BCUT2D eigenvalue weighted by Crippen LogP contribution is -2.43. The highest BCUT2D eigenvalue weighted by molar-refractivity contribution is 7.15. The number of hydrogen-bond acceptors (Lipinski definition) is 7. The first-order valence-corrected chi connectivity index (χ1v) is 8.38. The smallest absolute Gasteiger partial charge is 0.279 e. The molecule has 26 heavy (non-hydrogen) atoms. The molecule has 0 aliphatic carbocycles. The second-order valence-corrected chi connectivity index (χ2v) is 6.32. The van der Waals surface area contributed by atoms with Crippen molar-refractivity contribution in [3.63, 3.8) is 0 Å². The first-order valence-electron chi connectivity index (χ1n) is 7.56. The second kappa shape index (κ2) is 7.66. The molecule has 2 amide bonds. The molecule has 0 unspecified atom stereocenters. The van der Waals surface area contributed by atoms with E-state index in [0.29, 0.717) is 15.6 Å². The molecule has 10 heteroatoms. The van der Waals surface area contributed by atoms with Gasteiger partial charge in [-0.15, -0.1) is 21.5 Å². The Balaban J connectivity index is 1.53. The van der Waals surface area contributed by atoms with E-state index in [1.54, 1.807) is 6.07 Å². The molecule has 3 aromatic rings. The number of hydrazine groups is 1. The van der Waals surface area contributed by atoms with E-state index < -0.39 is 11.8 Å². The first kappa shape index (κ1) is 17.4. The van der Waals surface area contributed by atoms with Gasteiger partial charge in [-0.05, 0) is 24.3 Å². The van der Waals surface area contributed by atoms with E-state index in [-0.39, 0.29) is 12.3 Å². The van der Waals surface area contributed by atoms with Gasteiger partial charge >= 0.3 is 0 Å². The van der Waals surface area contributed by atoms with Crippen molar-refractivity contribution in [3.05, 3.63) is 52.2 Å². The second-order valence-electron chi connectivity index (χ2n) is 5.23. The van der Waals surface area contributed by atoms with E-state index in [1.165, 1.54) is 13.0 Å². The minimum absolute atomic E-state index is 0.121. The highest BCUT2D eigenvalue weighted by Crippen LogP contribution is 2.16. The number of nitrogens with one attached hydrogen (secondary N) is 2. The summed E-state index contributed by atoms with van der Waals surface area (Å²) in [6, 6.07) is 12.3. The Morgan fingerprint density at radius 2 is 1.77 bits per heavy atom. The fourth-order valence-corrected chi connectivity index (χ4v) is 2.81. The molecule has 0 radical (unpaired) electrons. The van der Waals surface area contributed by atoms with Gasteiger partial charge in [0, 0.05) is 5.56 Å². The molecule has 0 saturated heterocycles. The van der Waals surface area contributed by atoms with Crippen LogP contribution in [0.4, 0.5) is 0 Å². The van der Waals surface area contributed by atoms with Crippen molar-refractivity contribution in [2.75, 3.05) is 0 Å². The maximum absolute atomic E-state index is 11.9. The lowest BCUT2D eigenvalue weighted by Gasteiger charge is -2.05. The fourth-order valence-electron chi connectivity index (χ4n) is 2.02. The molecule has 0 saturated carbocycles. The van der Waals surface area contributed by atoms with Gasteiger partial charge in [-0.25, -0.2) is 0 Å². The molecule has 0 spiro atoms. The number of nitrogens with zero attached hydrogens (tertiary/aromatic N) is 4. The lowest BCUT2D eigenvalue weighted by molar-refractivity contribution is -0.122. The topological polar surface area (TPSA) is 119 Å². The molecule has 2 heterocycles. The molecule has 0 fully saturated rings. The van der Waals surface area contributed by atoms with Crippen molar-refractivity contribution in [2.24, 2.45) is 0 Å². The zero-order valence-electron chi connectivity index (χ0n) is 13.7. The first-order chi connectivity index (χ1) is 12.5. The Labute approximate surface area is 152 Å². The minimum atomic E-state index is -0.515. The maximum atomic E-state index is 11.9. The number of carbonyl (C=O) groups excluding carboxylic acids is 3. The summed E-state index contributed by atoms with van der Waals surface area (Å²) in [7, 11) is 0. The highest BCUT2D eigenvalue weighted by atomic mass is 32.1. The van der Waals surface area contributed by atoms with Gasteiger partial charge in [0.2, 0.25) is 5.82 Å². The molecule has 132 valence electrons. The molecule has 2 aromatic heterocycles. The van der Waals surface area contributed by atoms with E-state index in [9.17, 15) is 14.4 Å². The summed E-state index contributed by atoms with van der Waals surface area (Å²) in [4.78, 5) is 37.0. The summed E-state index contributed by atoms with van der Waals surface area (Å²) >= 11 is 1.05. The Hall–Kier alpha value is -3.40. The molecule has 0 aliphatic heterocycles. The summed E-state index contributed by atoms with van der Waals surface area (Å²) in [5, 5.41) is 11.8. The predicted octanol–water partition coefficient (Wildman–Crippen LogP) is 1.07. The normalized spacial score (nSPS) is 10.3. The van der Waals surface area contributed by atoms with Crippen molar-refractivity contribution in [1.82, 2.24) is 31.1 Å². The van der Waals surface area contributed by atoms with Crippen LogP contribution in [0.2, 0.25) is 0 Å². The average molecular weight is 370 g/mol.